The summed E-state index contributed by atoms with van der Waals surface area (Å²) in [6.45, 7) is 4.18. The lowest BCUT2D eigenvalue weighted by molar-refractivity contribution is -0.148. The average molecular weight is 222 g/mol. The number of aromatic hydroxyl groups is 1. The molecule has 16 heavy (non-hydrogen) atoms. The first-order valence-corrected chi connectivity index (χ1v) is 5.61. The van der Waals surface area contributed by atoms with Crippen LogP contribution in [-0.2, 0) is 16.0 Å². The fourth-order valence-corrected chi connectivity index (χ4v) is 1.62. The normalized spacial score (nSPS) is 12.1. The number of hydrogen-bond donors (Lipinski definition) is 1. The van der Waals surface area contributed by atoms with Gasteiger partial charge >= 0.3 is 5.97 Å². The molecule has 0 saturated carbocycles. The number of hydrogen-bond acceptors (Lipinski definition) is 3. The first-order valence-electron chi connectivity index (χ1n) is 5.61. The molecule has 0 radical (unpaired) electrons. The van der Waals surface area contributed by atoms with Crippen LogP contribution in [0.4, 0.5) is 0 Å². The Morgan fingerprint density at radius 2 is 2.19 bits per heavy atom. The minimum atomic E-state index is -0.159. The third-order valence-corrected chi connectivity index (χ3v) is 2.51. The predicted octanol–water partition coefficient (Wildman–Crippen LogP) is 2.52. The molecule has 1 aromatic carbocycles. The largest absolute Gasteiger partial charge is 0.508 e. The van der Waals surface area contributed by atoms with Crippen molar-refractivity contribution in [2.75, 3.05) is 6.61 Å². The van der Waals surface area contributed by atoms with Crippen molar-refractivity contribution in [1.82, 2.24) is 0 Å². The summed E-state index contributed by atoms with van der Waals surface area (Å²) >= 11 is 0. The molecule has 3 heteroatoms. The Bertz CT molecular complexity index is 347. The Hall–Kier alpha value is -1.51. The molecule has 88 valence electrons. The number of carbonyl (C=O) groups excluding carboxylic acids is 1. The first kappa shape index (κ1) is 12.6. The van der Waals surface area contributed by atoms with E-state index in [1.807, 2.05) is 13.0 Å². The van der Waals surface area contributed by atoms with Gasteiger partial charge in [-0.05, 0) is 37.5 Å². The number of carbonyl (C=O) groups is 1. The Morgan fingerprint density at radius 3 is 2.75 bits per heavy atom. The molecule has 1 aromatic rings. The highest BCUT2D eigenvalue weighted by atomic mass is 16.5. The SMILES string of the molecule is CCOC(=O)C(CC)Cc1cccc(O)c1. The van der Waals surface area contributed by atoms with E-state index in [9.17, 15) is 9.90 Å². The molecule has 1 rings (SSSR count). The minimum Gasteiger partial charge on any atom is -0.508 e. The first-order chi connectivity index (χ1) is 7.67. The van der Waals surface area contributed by atoms with E-state index in [4.69, 9.17) is 4.74 Å². The van der Waals surface area contributed by atoms with E-state index < -0.39 is 0 Å². The van der Waals surface area contributed by atoms with E-state index in [0.29, 0.717) is 13.0 Å². The second-order valence-corrected chi connectivity index (χ2v) is 3.73. The summed E-state index contributed by atoms with van der Waals surface area (Å²) in [6, 6.07) is 6.99. The van der Waals surface area contributed by atoms with Gasteiger partial charge in [-0.1, -0.05) is 19.1 Å². The third kappa shape index (κ3) is 3.57. The summed E-state index contributed by atoms with van der Waals surface area (Å²) in [7, 11) is 0. The molecular formula is C13H18O3. The summed E-state index contributed by atoms with van der Waals surface area (Å²) in [4.78, 5) is 11.6. The number of rotatable bonds is 5. The highest BCUT2D eigenvalue weighted by molar-refractivity contribution is 5.72. The van der Waals surface area contributed by atoms with E-state index in [2.05, 4.69) is 0 Å². The van der Waals surface area contributed by atoms with Gasteiger partial charge in [0.2, 0.25) is 0 Å². The molecule has 0 saturated heterocycles. The summed E-state index contributed by atoms with van der Waals surface area (Å²) < 4.78 is 5.00. The summed E-state index contributed by atoms with van der Waals surface area (Å²) in [6.07, 6.45) is 1.36. The number of benzene rings is 1. The monoisotopic (exact) mass is 222 g/mol. The second kappa shape index (κ2) is 6.16. The maximum atomic E-state index is 11.6. The lowest BCUT2D eigenvalue weighted by atomic mass is 9.97. The molecule has 1 unspecified atom stereocenters. The zero-order valence-corrected chi connectivity index (χ0v) is 9.77. The summed E-state index contributed by atoms with van der Waals surface area (Å²) in [5.74, 6) is -0.0497. The topological polar surface area (TPSA) is 46.5 Å². The van der Waals surface area contributed by atoms with Gasteiger partial charge in [0.05, 0.1) is 12.5 Å². The Morgan fingerprint density at radius 1 is 1.44 bits per heavy atom. The highest BCUT2D eigenvalue weighted by Gasteiger charge is 2.18. The van der Waals surface area contributed by atoms with Crippen molar-refractivity contribution in [3.05, 3.63) is 29.8 Å². The third-order valence-electron chi connectivity index (χ3n) is 2.51. The van der Waals surface area contributed by atoms with Gasteiger partial charge in [0.15, 0.2) is 0 Å². The lowest BCUT2D eigenvalue weighted by Crippen LogP contribution is -2.19. The van der Waals surface area contributed by atoms with Gasteiger partial charge in [-0.15, -0.1) is 0 Å². The molecule has 0 spiro atoms. The van der Waals surface area contributed by atoms with Crippen molar-refractivity contribution in [1.29, 1.82) is 0 Å². The van der Waals surface area contributed by atoms with Crippen LogP contribution in [0.1, 0.15) is 25.8 Å². The summed E-state index contributed by atoms with van der Waals surface area (Å²) in [5, 5.41) is 9.32. The van der Waals surface area contributed by atoms with E-state index in [0.717, 1.165) is 12.0 Å². The Labute approximate surface area is 96.1 Å². The van der Waals surface area contributed by atoms with Gasteiger partial charge in [-0.2, -0.15) is 0 Å². The average Bonchev–Trinajstić information content (AvgIpc) is 2.26. The molecule has 3 nitrogen and oxygen atoms in total. The predicted molar refractivity (Wildman–Crippen MR) is 62.2 cm³/mol. The maximum Gasteiger partial charge on any atom is 0.309 e. The van der Waals surface area contributed by atoms with Crippen LogP contribution < -0.4 is 0 Å². The molecule has 0 heterocycles. The van der Waals surface area contributed by atoms with Crippen molar-refractivity contribution < 1.29 is 14.6 Å². The summed E-state index contributed by atoms with van der Waals surface area (Å²) in [5.41, 5.74) is 0.958. The van der Waals surface area contributed by atoms with Crippen LogP contribution >= 0.6 is 0 Å². The fraction of sp³-hybridized carbons (Fsp3) is 0.462. The lowest BCUT2D eigenvalue weighted by Gasteiger charge is -2.13. The van der Waals surface area contributed by atoms with Crippen LogP contribution in [0, 0.1) is 5.92 Å². The smallest absolute Gasteiger partial charge is 0.309 e. The van der Waals surface area contributed by atoms with Crippen LogP contribution in [0.25, 0.3) is 0 Å². The van der Waals surface area contributed by atoms with Crippen LogP contribution in [-0.4, -0.2) is 17.7 Å². The molecule has 0 aromatic heterocycles. The second-order valence-electron chi connectivity index (χ2n) is 3.73. The van der Waals surface area contributed by atoms with Gasteiger partial charge in [-0.25, -0.2) is 0 Å². The molecular weight excluding hydrogens is 204 g/mol. The van der Waals surface area contributed by atoms with E-state index >= 15 is 0 Å². The maximum absolute atomic E-state index is 11.6. The van der Waals surface area contributed by atoms with Gasteiger partial charge in [0, 0.05) is 0 Å². The van der Waals surface area contributed by atoms with Crippen molar-refractivity contribution in [2.24, 2.45) is 5.92 Å². The van der Waals surface area contributed by atoms with Crippen molar-refractivity contribution in [2.45, 2.75) is 26.7 Å². The van der Waals surface area contributed by atoms with E-state index in [1.54, 1.807) is 25.1 Å². The van der Waals surface area contributed by atoms with Crippen LogP contribution in [0.15, 0.2) is 24.3 Å². The van der Waals surface area contributed by atoms with E-state index in [-0.39, 0.29) is 17.6 Å². The van der Waals surface area contributed by atoms with Crippen molar-refractivity contribution in [3.63, 3.8) is 0 Å². The van der Waals surface area contributed by atoms with Crippen LogP contribution in [0.2, 0.25) is 0 Å². The van der Waals surface area contributed by atoms with Gasteiger partial charge in [0.25, 0.3) is 0 Å². The standard InChI is InChI=1S/C13H18O3/c1-3-11(13(15)16-4-2)8-10-6-5-7-12(14)9-10/h5-7,9,11,14H,3-4,8H2,1-2H3. The number of phenolic OH excluding ortho intramolecular Hbond substituents is 1. The Balaban J connectivity index is 2.66. The fourth-order valence-electron chi connectivity index (χ4n) is 1.62. The van der Waals surface area contributed by atoms with Crippen LogP contribution in [0.5, 0.6) is 5.75 Å². The zero-order chi connectivity index (χ0) is 12.0. The molecule has 1 atom stereocenters. The minimum absolute atomic E-state index is 0.123. The molecule has 0 aliphatic rings. The zero-order valence-electron chi connectivity index (χ0n) is 9.77. The molecule has 0 amide bonds. The Kier molecular flexibility index (Phi) is 4.83. The van der Waals surface area contributed by atoms with Gasteiger partial charge < -0.3 is 9.84 Å². The molecule has 0 aliphatic carbocycles. The number of esters is 1. The van der Waals surface area contributed by atoms with Crippen molar-refractivity contribution in [3.8, 4) is 5.75 Å². The molecule has 0 fully saturated rings. The van der Waals surface area contributed by atoms with Gasteiger partial charge in [0.1, 0.15) is 5.75 Å². The quantitative estimate of drug-likeness (QED) is 0.779. The van der Waals surface area contributed by atoms with Gasteiger partial charge in [-0.3, -0.25) is 4.79 Å². The number of ether oxygens (including phenoxy) is 1. The van der Waals surface area contributed by atoms with Crippen molar-refractivity contribution >= 4 is 5.97 Å². The highest BCUT2D eigenvalue weighted by Crippen LogP contribution is 2.17. The van der Waals surface area contributed by atoms with E-state index in [1.165, 1.54) is 0 Å². The molecule has 0 aliphatic heterocycles. The molecule has 0 bridgehead atoms. The number of phenols is 1. The molecule has 1 N–H and O–H groups in total. The van der Waals surface area contributed by atoms with Crippen LogP contribution in [0.3, 0.4) is 0 Å².